The Balaban J connectivity index is 1.55. The summed E-state index contributed by atoms with van der Waals surface area (Å²) in [6.07, 6.45) is 1.46. The number of aromatic nitrogens is 2. The van der Waals surface area contributed by atoms with Gasteiger partial charge in [-0.25, -0.2) is 13.1 Å². The number of methoxy groups -OCH3 is 1. The van der Waals surface area contributed by atoms with Gasteiger partial charge in [-0.15, -0.1) is 0 Å². The van der Waals surface area contributed by atoms with Gasteiger partial charge in [-0.2, -0.15) is 5.10 Å². The molecule has 0 unspecified atom stereocenters. The molecule has 0 saturated heterocycles. The minimum atomic E-state index is -3.92. The third kappa shape index (κ3) is 4.90. The number of carbonyl (C=O) groups excluding carboxylic acids is 1. The first-order valence-corrected chi connectivity index (χ1v) is 12.0. The summed E-state index contributed by atoms with van der Waals surface area (Å²) < 4.78 is 35.2. The van der Waals surface area contributed by atoms with Crippen LogP contribution in [0.4, 0.5) is 11.4 Å². The molecule has 0 spiro atoms. The Morgan fingerprint density at radius 1 is 1.03 bits per heavy atom. The lowest BCUT2D eigenvalue weighted by atomic mass is 10.2. The molecular weight excluding hydrogens is 476 g/mol. The fourth-order valence-electron chi connectivity index (χ4n) is 3.35. The fraction of sp³-hybridized carbons (Fsp3) is 0.0833. The van der Waals surface area contributed by atoms with Crippen LogP contribution in [0.3, 0.4) is 0 Å². The van der Waals surface area contributed by atoms with Crippen molar-refractivity contribution in [2.75, 3.05) is 17.1 Å². The molecule has 1 aromatic heterocycles. The Labute approximate surface area is 202 Å². The van der Waals surface area contributed by atoms with Gasteiger partial charge in [0.25, 0.3) is 15.9 Å². The quantitative estimate of drug-likeness (QED) is 0.379. The second-order valence-electron chi connectivity index (χ2n) is 7.32. The number of nitrogens with zero attached hydrogens (tertiary/aromatic N) is 2. The highest BCUT2D eigenvalue weighted by Crippen LogP contribution is 2.27. The van der Waals surface area contributed by atoms with Crippen LogP contribution >= 0.6 is 11.6 Å². The zero-order valence-corrected chi connectivity index (χ0v) is 19.9. The Kier molecular flexibility index (Phi) is 6.58. The highest BCUT2D eigenvalue weighted by Gasteiger charge is 2.19. The van der Waals surface area contributed by atoms with Crippen molar-refractivity contribution in [3.8, 4) is 11.4 Å². The third-order valence-electron chi connectivity index (χ3n) is 5.08. The summed E-state index contributed by atoms with van der Waals surface area (Å²) in [5, 5.41) is 7.63. The van der Waals surface area contributed by atoms with Gasteiger partial charge in [0, 0.05) is 10.7 Å². The molecule has 1 heterocycles. The lowest BCUT2D eigenvalue weighted by Gasteiger charge is -2.12. The lowest BCUT2D eigenvalue weighted by Crippen LogP contribution is -2.16. The van der Waals surface area contributed by atoms with Crippen LogP contribution in [0, 0.1) is 6.92 Å². The van der Waals surface area contributed by atoms with E-state index in [1.807, 2.05) is 0 Å². The van der Waals surface area contributed by atoms with E-state index in [0.29, 0.717) is 33.4 Å². The summed E-state index contributed by atoms with van der Waals surface area (Å²) in [6, 6.07) is 19.8. The van der Waals surface area contributed by atoms with Crippen molar-refractivity contribution in [1.82, 2.24) is 9.78 Å². The van der Waals surface area contributed by atoms with E-state index in [0.717, 1.165) is 5.69 Å². The topological polar surface area (TPSA) is 102 Å². The number of anilines is 2. The van der Waals surface area contributed by atoms with Crippen LogP contribution in [-0.4, -0.2) is 31.2 Å². The maximum atomic E-state index is 12.9. The first-order chi connectivity index (χ1) is 16.3. The summed E-state index contributed by atoms with van der Waals surface area (Å²) in [6.45, 7) is 1.77. The van der Waals surface area contributed by atoms with Gasteiger partial charge < -0.3 is 10.1 Å². The molecule has 4 aromatic rings. The van der Waals surface area contributed by atoms with Crippen LogP contribution in [0.1, 0.15) is 16.1 Å². The van der Waals surface area contributed by atoms with Crippen LogP contribution in [-0.2, 0) is 10.0 Å². The fourth-order valence-corrected chi connectivity index (χ4v) is 4.59. The monoisotopic (exact) mass is 496 g/mol. The first-order valence-electron chi connectivity index (χ1n) is 10.2. The molecular formula is C24H21ClN4O4S. The number of rotatable bonds is 7. The molecule has 1 amide bonds. The molecule has 0 atom stereocenters. The van der Waals surface area contributed by atoms with Crippen molar-refractivity contribution in [2.45, 2.75) is 11.8 Å². The van der Waals surface area contributed by atoms with E-state index in [4.69, 9.17) is 16.3 Å². The molecule has 2 N–H and O–H groups in total. The number of hydrogen-bond donors (Lipinski definition) is 2. The average molecular weight is 497 g/mol. The first kappa shape index (κ1) is 23.3. The van der Waals surface area contributed by atoms with E-state index in [9.17, 15) is 13.2 Å². The number of amides is 1. The molecule has 0 fully saturated rings. The standard InChI is InChI=1S/C24H21ClN4O4S/c1-16-21(15-26-29(16)19-12-10-17(25)11-13-19)24(30)27-18-6-5-7-20(14-18)34(31,32)28-22-8-3-4-9-23(22)33-2/h3-15,28H,1-2H3,(H,27,30). The molecule has 0 radical (unpaired) electrons. The van der Waals surface area contributed by atoms with Gasteiger partial charge in [-0.3, -0.25) is 9.52 Å². The molecule has 0 bridgehead atoms. The van der Waals surface area contributed by atoms with Gasteiger partial charge in [-0.1, -0.05) is 29.8 Å². The van der Waals surface area contributed by atoms with Gasteiger partial charge in [0.1, 0.15) is 5.75 Å². The Bertz CT molecular complexity index is 1450. The maximum absolute atomic E-state index is 12.9. The van der Waals surface area contributed by atoms with E-state index in [2.05, 4.69) is 15.1 Å². The number of sulfonamides is 1. The van der Waals surface area contributed by atoms with Crippen molar-refractivity contribution < 1.29 is 17.9 Å². The number of nitrogens with one attached hydrogen (secondary N) is 2. The van der Waals surface area contributed by atoms with E-state index in [1.54, 1.807) is 72.3 Å². The molecule has 4 rings (SSSR count). The predicted molar refractivity (Wildman–Crippen MR) is 132 cm³/mol. The van der Waals surface area contributed by atoms with Gasteiger partial charge >= 0.3 is 0 Å². The lowest BCUT2D eigenvalue weighted by molar-refractivity contribution is 0.102. The molecule has 0 aliphatic heterocycles. The minimum absolute atomic E-state index is 0.00946. The molecule has 0 aliphatic rings. The van der Waals surface area contributed by atoms with Crippen molar-refractivity contribution in [2.24, 2.45) is 0 Å². The van der Waals surface area contributed by atoms with Gasteiger partial charge in [0.05, 0.1) is 40.8 Å². The van der Waals surface area contributed by atoms with Crippen molar-refractivity contribution in [1.29, 1.82) is 0 Å². The number of hydrogen-bond acceptors (Lipinski definition) is 5. The SMILES string of the molecule is COc1ccccc1NS(=O)(=O)c1cccc(NC(=O)c2cnn(-c3ccc(Cl)cc3)c2C)c1. The van der Waals surface area contributed by atoms with Crippen LogP contribution in [0.15, 0.2) is 83.9 Å². The second-order valence-corrected chi connectivity index (χ2v) is 9.44. The number of halogens is 1. The molecule has 10 heteroatoms. The predicted octanol–water partition coefficient (Wildman–Crippen LogP) is 4.90. The largest absolute Gasteiger partial charge is 0.495 e. The molecule has 8 nitrogen and oxygen atoms in total. The summed E-state index contributed by atoms with van der Waals surface area (Å²) in [5.74, 6) is -0.0198. The Hall–Kier alpha value is -3.82. The van der Waals surface area contributed by atoms with Gasteiger partial charge in [0.2, 0.25) is 0 Å². The van der Waals surface area contributed by atoms with Crippen LogP contribution in [0.5, 0.6) is 5.75 Å². The van der Waals surface area contributed by atoms with Crippen molar-refractivity contribution in [3.05, 3.63) is 95.3 Å². The second kappa shape index (κ2) is 9.58. The molecule has 174 valence electrons. The zero-order valence-electron chi connectivity index (χ0n) is 18.3. The summed E-state index contributed by atoms with van der Waals surface area (Å²) >= 11 is 5.94. The summed E-state index contributed by atoms with van der Waals surface area (Å²) in [5.41, 5.74) is 2.38. The maximum Gasteiger partial charge on any atom is 0.262 e. The van der Waals surface area contributed by atoms with E-state index in [-0.39, 0.29) is 4.90 Å². The van der Waals surface area contributed by atoms with E-state index < -0.39 is 15.9 Å². The number of benzene rings is 3. The molecule has 0 aliphatic carbocycles. The van der Waals surface area contributed by atoms with Crippen LogP contribution in [0.2, 0.25) is 5.02 Å². The number of carbonyl (C=O) groups is 1. The van der Waals surface area contributed by atoms with Crippen LogP contribution < -0.4 is 14.8 Å². The molecule has 34 heavy (non-hydrogen) atoms. The van der Waals surface area contributed by atoms with Crippen molar-refractivity contribution >= 4 is 38.9 Å². The molecule has 3 aromatic carbocycles. The number of ether oxygens (including phenoxy) is 1. The third-order valence-corrected chi connectivity index (χ3v) is 6.69. The summed E-state index contributed by atoms with van der Waals surface area (Å²) in [4.78, 5) is 12.9. The highest BCUT2D eigenvalue weighted by molar-refractivity contribution is 7.92. The highest BCUT2D eigenvalue weighted by atomic mass is 35.5. The van der Waals surface area contributed by atoms with Crippen molar-refractivity contribution in [3.63, 3.8) is 0 Å². The number of para-hydroxylation sites is 2. The van der Waals surface area contributed by atoms with Gasteiger partial charge in [-0.05, 0) is 61.5 Å². The zero-order chi connectivity index (χ0) is 24.3. The van der Waals surface area contributed by atoms with E-state index >= 15 is 0 Å². The normalized spacial score (nSPS) is 11.1. The smallest absolute Gasteiger partial charge is 0.262 e. The van der Waals surface area contributed by atoms with Gasteiger partial charge in [0.15, 0.2) is 0 Å². The Morgan fingerprint density at radius 3 is 2.50 bits per heavy atom. The molecule has 0 saturated carbocycles. The van der Waals surface area contributed by atoms with Crippen LogP contribution in [0.25, 0.3) is 5.69 Å². The minimum Gasteiger partial charge on any atom is -0.495 e. The average Bonchev–Trinajstić information content (AvgIpc) is 3.21. The summed E-state index contributed by atoms with van der Waals surface area (Å²) in [7, 11) is -2.46. The Morgan fingerprint density at radius 2 is 1.76 bits per heavy atom. The van der Waals surface area contributed by atoms with E-state index in [1.165, 1.54) is 25.4 Å².